The average molecular weight is 223 g/mol. The van der Waals surface area contributed by atoms with Gasteiger partial charge in [-0.3, -0.25) is 5.10 Å². The van der Waals surface area contributed by atoms with E-state index in [1.165, 1.54) is 0 Å². The lowest BCUT2D eigenvalue weighted by Crippen LogP contribution is -1.88. The standard InChI is InChI=1S/C10H10FN3S/c1-15-7-5-3-2-4-6(7)9-8(11)10(12)14-13-9/h2-5H,1H3,(H3,12,13,14). The Labute approximate surface area is 90.9 Å². The molecule has 0 unspecified atom stereocenters. The first kappa shape index (κ1) is 10.0. The third-order valence-electron chi connectivity index (χ3n) is 2.11. The SMILES string of the molecule is CSc1ccccc1-c1[nH]nc(N)c1F. The van der Waals surface area contributed by atoms with Gasteiger partial charge in [-0.25, -0.2) is 4.39 Å². The van der Waals surface area contributed by atoms with E-state index in [-0.39, 0.29) is 5.82 Å². The minimum Gasteiger partial charge on any atom is -0.380 e. The molecule has 0 atom stereocenters. The van der Waals surface area contributed by atoms with Gasteiger partial charge in [-0.15, -0.1) is 11.8 Å². The van der Waals surface area contributed by atoms with Gasteiger partial charge >= 0.3 is 0 Å². The molecular formula is C10H10FN3S. The molecular weight excluding hydrogens is 213 g/mol. The van der Waals surface area contributed by atoms with Crippen LogP contribution in [0.5, 0.6) is 0 Å². The van der Waals surface area contributed by atoms with Crippen LogP contribution in [0.3, 0.4) is 0 Å². The number of nitrogens with two attached hydrogens (primary N) is 1. The third kappa shape index (κ3) is 1.70. The molecule has 1 aromatic carbocycles. The summed E-state index contributed by atoms with van der Waals surface area (Å²) in [6.45, 7) is 0. The van der Waals surface area contributed by atoms with Crippen LogP contribution in [0.25, 0.3) is 11.3 Å². The molecule has 15 heavy (non-hydrogen) atoms. The normalized spacial score (nSPS) is 10.5. The molecule has 0 bridgehead atoms. The van der Waals surface area contributed by atoms with E-state index in [4.69, 9.17) is 5.73 Å². The lowest BCUT2D eigenvalue weighted by Gasteiger charge is -2.04. The molecule has 0 amide bonds. The summed E-state index contributed by atoms with van der Waals surface area (Å²) in [5, 5.41) is 6.24. The van der Waals surface area contributed by atoms with Gasteiger partial charge in [0, 0.05) is 10.5 Å². The van der Waals surface area contributed by atoms with Crippen molar-refractivity contribution in [1.29, 1.82) is 0 Å². The summed E-state index contributed by atoms with van der Waals surface area (Å²) in [6.07, 6.45) is 1.94. The zero-order valence-electron chi connectivity index (χ0n) is 8.12. The maximum Gasteiger partial charge on any atom is 0.192 e. The summed E-state index contributed by atoms with van der Waals surface area (Å²) in [5.41, 5.74) is 6.47. The van der Waals surface area contributed by atoms with Crippen molar-refractivity contribution in [2.75, 3.05) is 12.0 Å². The maximum absolute atomic E-state index is 13.5. The van der Waals surface area contributed by atoms with Crippen LogP contribution in [0, 0.1) is 5.82 Å². The molecule has 0 spiro atoms. The first-order valence-corrected chi connectivity index (χ1v) is 5.59. The number of nitrogen functional groups attached to an aromatic ring is 1. The maximum atomic E-state index is 13.5. The number of nitrogens with one attached hydrogen (secondary N) is 1. The summed E-state index contributed by atoms with van der Waals surface area (Å²) >= 11 is 1.55. The Kier molecular flexibility index (Phi) is 2.64. The number of hydrogen-bond acceptors (Lipinski definition) is 3. The minimum atomic E-state index is -0.489. The smallest absolute Gasteiger partial charge is 0.192 e. The highest BCUT2D eigenvalue weighted by Gasteiger charge is 2.14. The fourth-order valence-corrected chi connectivity index (χ4v) is 1.98. The van der Waals surface area contributed by atoms with Crippen molar-refractivity contribution in [3.05, 3.63) is 30.1 Å². The Morgan fingerprint density at radius 1 is 1.40 bits per heavy atom. The van der Waals surface area contributed by atoms with E-state index in [1.807, 2.05) is 30.5 Å². The van der Waals surface area contributed by atoms with Gasteiger partial charge in [0.15, 0.2) is 11.6 Å². The third-order valence-corrected chi connectivity index (χ3v) is 2.90. The van der Waals surface area contributed by atoms with E-state index >= 15 is 0 Å². The molecule has 1 aromatic heterocycles. The fourth-order valence-electron chi connectivity index (χ4n) is 1.37. The Balaban J connectivity index is 2.58. The first-order valence-electron chi connectivity index (χ1n) is 4.36. The summed E-state index contributed by atoms with van der Waals surface area (Å²) in [7, 11) is 0. The number of aromatic nitrogens is 2. The summed E-state index contributed by atoms with van der Waals surface area (Å²) in [4.78, 5) is 0.986. The van der Waals surface area contributed by atoms with Crippen LogP contribution in [0.15, 0.2) is 29.2 Å². The number of anilines is 1. The number of nitrogens with zero attached hydrogens (tertiary/aromatic N) is 1. The molecule has 0 aliphatic rings. The van der Waals surface area contributed by atoms with Crippen LogP contribution in [-0.2, 0) is 0 Å². The van der Waals surface area contributed by atoms with Gasteiger partial charge in [0.2, 0.25) is 0 Å². The van der Waals surface area contributed by atoms with Gasteiger partial charge in [0.05, 0.1) is 0 Å². The quantitative estimate of drug-likeness (QED) is 0.769. The topological polar surface area (TPSA) is 54.7 Å². The molecule has 0 saturated heterocycles. The Morgan fingerprint density at radius 3 is 2.73 bits per heavy atom. The van der Waals surface area contributed by atoms with Gasteiger partial charge < -0.3 is 5.73 Å². The lowest BCUT2D eigenvalue weighted by molar-refractivity contribution is 0.636. The van der Waals surface area contributed by atoms with Crippen molar-refractivity contribution in [3.63, 3.8) is 0 Å². The largest absolute Gasteiger partial charge is 0.380 e. The fraction of sp³-hybridized carbons (Fsp3) is 0.100. The second-order valence-corrected chi connectivity index (χ2v) is 3.85. The number of rotatable bonds is 2. The van der Waals surface area contributed by atoms with Crippen LogP contribution in [0.4, 0.5) is 10.2 Å². The molecule has 0 saturated carbocycles. The number of benzene rings is 1. The van der Waals surface area contributed by atoms with Crippen LogP contribution in [-0.4, -0.2) is 16.5 Å². The van der Waals surface area contributed by atoms with E-state index in [2.05, 4.69) is 10.2 Å². The average Bonchev–Trinajstić information content (AvgIpc) is 2.60. The summed E-state index contributed by atoms with van der Waals surface area (Å²) < 4.78 is 13.5. The van der Waals surface area contributed by atoms with Crippen molar-refractivity contribution >= 4 is 17.6 Å². The van der Waals surface area contributed by atoms with E-state index < -0.39 is 5.82 Å². The van der Waals surface area contributed by atoms with E-state index in [0.717, 1.165) is 10.5 Å². The van der Waals surface area contributed by atoms with Crippen LogP contribution in [0.2, 0.25) is 0 Å². The number of hydrogen-bond donors (Lipinski definition) is 2. The highest BCUT2D eigenvalue weighted by Crippen LogP contribution is 2.31. The zero-order valence-corrected chi connectivity index (χ0v) is 8.94. The highest BCUT2D eigenvalue weighted by molar-refractivity contribution is 7.98. The first-order chi connectivity index (χ1) is 7.24. The van der Waals surface area contributed by atoms with Crippen molar-refractivity contribution in [3.8, 4) is 11.3 Å². The van der Waals surface area contributed by atoms with Crippen molar-refractivity contribution < 1.29 is 4.39 Å². The van der Waals surface area contributed by atoms with Crippen LogP contribution in [0.1, 0.15) is 0 Å². The minimum absolute atomic E-state index is 0.0964. The monoisotopic (exact) mass is 223 g/mol. The van der Waals surface area contributed by atoms with Gasteiger partial charge in [-0.1, -0.05) is 18.2 Å². The highest BCUT2D eigenvalue weighted by atomic mass is 32.2. The molecule has 0 aliphatic heterocycles. The molecule has 2 aromatic rings. The molecule has 78 valence electrons. The predicted octanol–water partition coefficient (Wildman–Crippen LogP) is 2.52. The predicted molar refractivity (Wildman–Crippen MR) is 60.2 cm³/mol. The second-order valence-electron chi connectivity index (χ2n) is 3.00. The molecule has 3 N–H and O–H groups in total. The number of aromatic amines is 1. The number of thioether (sulfide) groups is 1. The molecule has 1 heterocycles. The van der Waals surface area contributed by atoms with E-state index in [0.29, 0.717) is 5.69 Å². The Morgan fingerprint density at radius 2 is 2.13 bits per heavy atom. The van der Waals surface area contributed by atoms with Crippen molar-refractivity contribution in [1.82, 2.24) is 10.2 Å². The number of H-pyrrole nitrogens is 1. The van der Waals surface area contributed by atoms with Gasteiger partial charge in [0.1, 0.15) is 5.69 Å². The summed E-state index contributed by atoms with van der Waals surface area (Å²) in [6, 6.07) is 7.52. The second kappa shape index (κ2) is 3.94. The van der Waals surface area contributed by atoms with Gasteiger partial charge in [0.25, 0.3) is 0 Å². The molecule has 0 radical (unpaired) electrons. The van der Waals surface area contributed by atoms with Crippen molar-refractivity contribution in [2.45, 2.75) is 4.90 Å². The molecule has 3 nitrogen and oxygen atoms in total. The molecule has 0 fully saturated rings. The zero-order chi connectivity index (χ0) is 10.8. The van der Waals surface area contributed by atoms with Gasteiger partial charge in [-0.05, 0) is 12.3 Å². The van der Waals surface area contributed by atoms with Crippen LogP contribution >= 0.6 is 11.8 Å². The van der Waals surface area contributed by atoms with E-state index in [1.54, 1.807) is 11.8 Å². The molecule has 2 rings (SSSR count). The molecule has 5 heteroatoms. The Bertz CT molecular complexity index is 481. The van der Waals surface area contributed by atoms with Gasteiger partial charge in [-0.2, -0.15) is 5.10 Å². The van der Waals surface area contributed by atoms with Crippen LogP contribution < -0.4 is 5.73 Å². The lowest BCUT2D eigenvalue weighted by atomic mass is 10.1. The van der Waals surface area contributed by atoms with Crippen molar-refractivity contribution in [2.24, 2.45) is 0 Å². The summed E-state index contributed by atoms with van der Waals surface area (Å²) in [5.74, 6) is -0.586. The van der Waals surface area contributed by atoms with E-state index in [9.17, 15) is 4.39 Å². The number of halogens is 1. The Hall–Kier alpha value is -1.49. The molecule has 0 aliphatic carbocycles.